The van der Waals surface area contributed by atoms with Gasteiger partial charge in [-0.25, -0.2) is 0 Å². The molecule has 1 heterocycles. The molecule has 2 rings (SSSR count). The number of nitro groups is 1. The zero-order valence-corrected chi connectivity index (χ0v) is 11.4. The van der Waals surface area contributed by atoms with Crippen molar-refractivity contribution in [2.24, 2.45) is 5.92 Å². The first-order chi connectivity index (χ1) is 9.67. The van der Waals surface area contributed by atoms with E-state index in [1.165, 1.54) is 0 Å². The van der Waals surface area contributed by atoms with Gasteiger partial charge in [0.05, 0.1) is 17.6 Å². The normalized spacial score (nSPS) is 15.7. The number of hydrogen-bond donors (Lipinski definition) is 0. The second-order valence-electron chi connectivity index (χ2n) is 4.70. The highest BCUT2D eigenvalue weighted by atomic mass is 16.6. The SMILES string of the molecule is CCOc1cccc(N2CCC(C#N)CC2)c1[N+](=O)[O-]. The smallest absolute Gasteiger partial charge is 0.333 e. The minimum absolute atomic E-state index is 0.0183. The Kier molecular flexibility index (Phi) is 4.41. The van der Waals surface area contributed by atoms with Gasteiger partial charge in [0.25, 0.3) is 0 Å². The van der Waals surface area contributed by atoms with Crippen LogP contribution in [0.15, 0.2) is 18.2 Å². The molecule has 0 spiro atoms. The van der Waals surface area contributed by atoms with Crippen LogP contribution in [0, 0.1) is 27.4 Å². The average Bonchev–Trinajstić information content (AvgIpc) is 2.47. The van der Waals surface area contributed by atoms with Gasteiger partial charge in [-0.05, 0) is 31.9 Å². The van der Waals surface area contributed by atoms with Crippen molar-refractivity contribution < 1.29 is 9.66 Å². The highest BCUT2D eigenvalue weighted by Crippen LogP contribution is 2.38. The van der Waals surface area contributed by atoms with Crippen molar-refractivity contribution in [1.82, 2.24) is 0 Å². The van der Waals surface area contributed by atoms with E-state index in [1.54, 1.807) is 25.1 Å². The van der Waals surface area contributed by atoms with Crippen LogP contribution in [0.5, 0.6) is 5.75 Å². The molecule has 1 aromatic rings. The molecule has 6 heteroatoms. The summed E-state index contributed by atoms with van der Waals surface area (Å²) in [6.07, 6.45) is 1.49. The standard InChI is InChI=1S/C14H17N3O3/c1-2-20-13-5-3-4-12(14(13)17(18)19)16-8-6-11(10-15)7-9-16/h3-5,11H,2,6-9H2,1H3. The Balaban J connectivity index is 2.30. The first-order valence-corrected chi connectivity index (χ1v) is 6.72. The number of benzene rings is 1. The van der Waals surface area contributed by atoms with Gasteiger partial charge in [-0.1, -0.05) is 6.07 Å². The number of para-hydroxylation sites is 1. The van der Waals surface area contributed by atoms with E-state index in [0.717, 1.165) is 12.8 Å². The van der Waals surface area contributed by atoms with Gasteiger partial charge in [-0.15, -0.1) is 0 Å². The summed E-state index contributed by atoms with van der Waals surface area (Å²) in [4.78, 5) is 12.9. The molecule has 1 aliphatic rings. The van der Waals surface area contributed by atoms with E-state index < -0.39 is 4.92 Å². The number of nitrogens with zero attached hydrogens (tertiary/aromatic N) is 3. The lowest BCUT2D eigenvalue weighted by molar-refractivity contribution is -0.385. The zero-order chi connectivity index (χ0) is 14.5. The Morgan fingerprint density at radius 2 is 2.20 bits per heavy atom. The second kappa shape index (κ2) is 6.24. The maximum absolute atomic E-state index is 11.3. The van der Waals surface area contributed by atoms with Crippen LogP contribution in [0.4, 0.5) is 11.4 Å². The van der Waals surface area contributed by atoms with E-state index >= 15 is 0 Å². The lowest BCUT2D eigenvalue weighted by Crippen LogP contribution is -2.33. The number of nitriles is 1. The molecule has 0 unspecified atom stereocenters. The molecule has 1 aromatic carbocycles. The quantitative estimate of drug-likeness (QED) is 0.623. The molecule has 1 saturated heterocycles. The summed E-state index contributed by atoms with van der Waals surface area (Å²) >= 11 is 0. The van der Waals surface area contributed by atoms with Crippen molar-refractivity contribution >= 4 is 11.4 Å². The Labute approximate surface area is 117 Å². The van der Waals surface area contributed by atoms with Crippen LogP contribution < -0.4 is 9.64 Å². The van der Waals surface area contributed by atoms with E-state index in [2.05, 4.69) is 6.07 Å². The largest absolute Gasteiger partial charge is 0.487 e. The minimum Gasteiger partial charge on any atom is -0.487 e. The summed E-state index contributed by atoms with van der Waals surface area (Å²) < 4.78 is 5.35. The average molecular weight is 275 g/mol. The summed E-state index contributed by atoms with van der Waals surface area (Å²) in [7, 11) is 0. The molecule has 1 fully saturated rings. The fraction of sp³-hybridized carbons (Fsp3) is 0.500. The van der Waals surface area contributed by atoms with Crippen molar-refractivity contribution in [3.05, 3.63) is 28.3 Å². The third kappa shape index (κ3) is 2.82. The Morgan fingerprint density at radius 3 is 2.75 bits per heavy atom. The molecule has 1 aliphatic heterocycles. The number of hydrogen-bond acceptors (Lipinski definition) is 5. The fourth-order valence-electron chi connectivity index (χ4n) is 2.47. The maximum atomic E-state index is 11.3. The Hall–Kier alpha value is -2.29. The zero-order valence-electron chi connectivity index (χ0n) is 11.4. The van der Waals surface area contributed by atoms with Crippen LogP contribution in [0.1, 0.15) is 19.8 Å². The summed E-state index contributed by atoms with van der Waals surface area (Å²) in [6.45, 7) is 3.51. The molecule has 0 bridgehead atoms. The van der Waals surface area contributed by atoms with Crippen molar-refractivity contribution in [3.8, 4) is 11.8 Å². The highest BCUT2D eigenvalue weighted by Gasteiger charge is 2.27. The van der Waals surface area contributed by atoms with Crippen LogP contribution in [-0.2, 0) is 0 Å². The molecule has 20 heavy (non-hydrogen) atoms. The molecule has 106 valence electrons. The predicted molar refractivity (Wildman–Crippen MR) is 74.8 cm³/mol. The topological polar surface area (TPSA) is 79.4 Å². The summed E-state index contributed by atoms with van der Waals surface area (Å²) in [5.74, 6) is 0.359. The van der Waals surface area contributed by atoms with Crippen LogP contribution in [0.2, 0.25) is 0 Å². The molecule has 0 aromatic heterocycles. The Bertz CT molecular complexity index is 531. The monoisotopic (exact) mass is 275 g/mol. The molecule has 0 saturated carbocycles. The maximum Gasteiger partial charge on any atom is 0.333 e. The number of ether oxygens (including phenoxy) is 1. The lowest BCUT2D eigenvalue weighted by atomic mass is 9.98. The van der Waals surface area contributed by atoms with Gasteiger partial charge in [0.2, 0.25) is 0 Å². The van der Waals surface area contributed by atoms with E-state index in [0.29, 0.717) is 31.1 Å². The Morgan fingerprint density at radius 1 is 1.50 bits per heavy atom. The molecule has 0 aliphatic carbocycles. The summed E-state index contributed by atoms with van der Waals surface area (Å²) in [6, 6.07) is 7.39. The molecule has 0 N–H and O–H groups in total. The molecule has 0 atom stereocenters. The van der Waals surface area contributed by atoms with E-state index in [1.807, 2.05) is 4.90 Å². The molecular weight excluding hydrogens is 258 g/mol. The lowest BCUT2D eigenvalue weighted by Gasteiger charge is -2.30. The first-order valence-electron chi connectivity index (χ1n) is 6.72. The van der Waals surface area contributed by atoms with Crippen molar-refractivity contribution in [1.29, 1.82) is 5.26 Å². The van der Waals surface area contributed by atoms with E-state index in [9.17, 15) is 10.1 Å². The molecule has 0 amide bonds. The van der Waals surface area contributed by atoms with Gasteiger partial charge in [-0.2, -0.15) is 5.26 Å². The van der Waals surface area contributed by atoms with Gasteiger partial charge in [0, 0.05) is 19.0 Å². The van der Waals surface area contributed by atoms with Gasteiger partial charge in [-0.3, -0.25) is 10.1 Å². The van der Waals surface area contributed by atoms with Crippen molar-refractivity contribution in [2.75, 3.05) is 24.6 Å². The molecule has 6 nitrogen and oxygen atoms in total. The minimum atomic E-state index is -0.392. The van der Waals surface area contributed by atoms with Crippen LogP contribution in [0.25, 0.3) is 0 Å². The second-order valence-corrected chi connectivity index (χ2v) is 4.70. The number of rotatable bonds is 4. The van der Waals surface area contributed by atoms with Crippen LogP contribution >= 0.6 is 0 Å². The van der Waals surface area contributed by atoms with E-state index in [4.69, 9.17) is 10.00 Å². The predicted octanol–water partition coefficient (Wildman–Crippen LogP) is 2.73. The highest BCUT2D eigenvalue weighted by molar-refractivity contribution is 5.70. The number of anilines is 1. The molecular formula is C14H17N3O3. The summed E-state index contributed by atoms with van der Waals surface area (Å²) in [5.41, 5.74) is 0.599. The summed E-state index contributed by atoms with van der Waals surface area (Å²) in [5, 5.41) is 20.2. The van der Waals surface area contributed by atoms with Crippen LogP contribution in [-0.4, -0.2) is 24.6 Å². The van der Waals surface area contributed by atoms with E-state index in [-0.39, 0.29) is 11.6 Å². The van der Waals surface area contributed by atoms with Crippen molar-refractivity contribution in [3.63, 3.8) is 0 Å². The third-order valence-corrected chi connectivity index (χ3v) is 3.48. The first kappa shape index (κ1) is 14.1. The van der Waals surface area contributed by atoms with Gasteiger partial charge < -0.3 is 9.64 Å². The van der Waals surface area contributed by atoms with Crippen LogP contribution in [0.3, 0.4) is 0 Å². The number of piperidine rings is 1. The third-order valence-electron chi connectivity index (χ3n) is 3.48. The van der Waals surface area contributed by atoms with Gasteiger partial charge >= 0.3 is 5.69 Å². The van der Waals surface area contributed by atoms with Gasteiger partial charge in [0.1, 0.15) is 5.69 Å². The fourth-order valence-corrected chi connectivity index (χ4v) is 2.47. The van der Waals surface area contributed by atoms with Crippen molar-refractivity contribution in [2.45, 2.75) is 19.8 Å². The number of nitro benzene ring substituents is 1. The van der Waals surface area contributed by atoms with Gasteiger partial charge in [0.15, 0.2) is 5.75 Å². The molecule has 0 radical (unpaired) electrons.